The van der Waals surface area contributed by atoms with E-state index in [9.17, 15) is 4.79 Å². The number of nitrogens with two attached hydrogens (primary N) is 1. The molecule has 0 amide bonds. The second-order valence-corrected chi connectivity index (χ2v) is 2.73. The minimum absolute atomic E-state index is 0.639. The third-order valence-corrected chi connectivity index (χ3v) is 1.75. The molecule has 2 heteroatoms. The van der Waals surface area contributed by atoms with Gasteiger partial charge in [0.05, 0.1) is 0 Å². The van der Waals surface area contributed by atoms with Gasteiger partial charge in [0, 0.05) is 5.56 Å². The molecule has 0 atom stereocenters. The first-order valence-corrected chi connectivity index (χ1v) is 4.29. The van der Waals surface area contributed by atoms with Gasteiger partial charge >= 0.3 is 0 Å². The zero-order valence-corrected chi connectivity index (χ0v) is 7.44. The predicted octanol–water partition coefficient (Wildman–Crippen LogP) is 1.86. The molecule has 1 aromatic carbocycles. The van der Waals surface area contributed by atoms with E-state index in [4.69, 9.17) is 5.73 Å². The van der Waals surface area contributed by atoms with Gasteiger partial charge in [-0.3, -0.25) is 4.79 Å². The average molecular weight is 175 g/mol. The molecule has 0 unspecified atom stereocenters. The standard InChI is InChI=1S/C11H13NO/c12-8-4-3-6-10-5-1-2-7-11(10)9-13/h1-3,5-7,9H,4,8,12H2. The van der Waals surface area contributed by atoms with Gasteiger partial charge in [-0.05, 0) is 18.5 Å². The maximum atomic E-state index is 10.6. The topological polar surface area (TPSA) is 43.1 Å². The van der Waals surface area contributed by atoms with Crippen LogP contribution in [0.1, 0.15) is 22.3 Å². The minimum Gasteiger partial charge on any atom is -0.330 e. The minimum atomic E-state index is 0.639. The van der Waals surface area contributed by atoms with E-state index in [2.05, 4.69) is 0 Å². The Labute approximate surface area is 78.1 Å². The first-order chi connectivity index (χ1) is 6.38. The maximum Gasteiger partial charge on any atom is 0.150 e. The Bertz CT molecular complexity index is 305. The molecule has 0 radical (unpaired) electrons. The molecule has 0 aromatic heterocycles. The molecular formula is C11H13NO. The third-order valence-electron chi connectivity index (χ3n) is 1.75. The van der Waals surface area contributed by atoms with Gasteiger partial charge in [0.2, 0.25) is 0 Å². The molecule has 13 heavy (non-hydrogen) atoms. The SMILES string of the molecule is NCCC=Cc1ccccc1C=O. The van der Waals surface area contributed by atoms with Crippen molar-refractivity contribution in [3.63, 3.8) is 0 Å². The van der Waals surface area contributed by atoms with E-state index in [-0.39, 0.29) is 0 Å². The molecule has 0 saturated carbocycles. The highest BCUT2D eigenvalue weighted by atomic mass is 16.1. The van der Waals surface area contributed by atoms with Crippen molar-refractivity contribution in [2.75, 3.05) is 6.54 Å². The predicted molar refractivity (Wildman–Crippen MR) is 54.5 cm³/mol. The van der Waals surface area contributed by atoms with Gasteiger partial charge in [-0.1, -0.05) is 36.4 Å². The Balaban J connectivity index is 2.80. The lowest BCUT2D eigenvalue weighted by atomic mass is 10.1. The molecule has 0 aliphatic rings. The zero-order valence-electron chi connectivity index (χ0n) is 7.44. The Hall–Kier alpha value is -1.41. The van der Waals surface area contributed by atoms with E-state index in [1.54, 1.807) is 6.07 Å². The smallest absolute Gasteiger partial charge is 0.150 e. The van der Waals surface area contributed by atoms with Gasteiger partial charge in [-0.2, -0.15) is 0 Å². The summed E-state index contributed by atoms with van der Waals surface area (Å²) in [4.78, 5) is 10.6. The largest absolute Gasteiger partial charge is 0.330 e. The fourth-order valence-corrected chi connectivity index (χ4v) is 1.08. The lowest BCUT2D eigenvalue weighted by Crippen LogP contribution is -1.95. The summed E-state index contributed by atoms with van der Waals surface area (Å²) >= 11 is 0. The number of carbonyl (C=O) groups excluding carboxylic acids is 1. The molecule has 0 bridgehead atoms. The van der Waals surface area contributed by atoms with E-state index in [1.165, 1.54) is 0 Å². The number of benzene rings is 1. The normalized spacial score (nSPS) is 10.5. The number of hydrogen-bond donors (Lipinski definition) is 1. The average Bonchev–Trinajstić information content (AvgIpc) is 2.19. The molecular weight excluding hydrogens is 162 g/mol. The van der Waals surface area contributed by atoms with Crippen molar-refractivity contribution >= 4 is 12.4 Å². The van der Waals surface area contributed by atoms with Crippen LogP contribution in [-0.4, -0.2) is 12.8 Å². The van der Waals surface area contributed by atoms with Crippen molar-refractivity contribution in [3.05, 3.63) is 41.5 Å². The highest BCUT2D eigenvalue weighted by molar-refractivity contribution is 5.81. The lowest BCUT2D eigenvalue weighted by Gasteiger charge is -1.96. The lowest BCUT2D eigenvalue weighted by molar-refractivity contribution is 0.112. The molecule has 68 valence electrons. The van der Waals surface area contributed by atoms with Crippen LogP contribution in [0.25, 0.3) is 6.08 Å². The van der Waals surface area contributed by atoms with Crippen LogP contribution in [0, 0.1) is 0 Å². The summed E-state index contributed by atoms with van der Waals surface area (Å²) in [6.45, 7) is 0.639. The van der Waals surface area contributed by atoms with E-state index in [0.717, 1.165) is 23.8 Å². The molecule has 0 spiro atoms. The van der Waals surface area contributed by atoms with Crippen molar-refractivity contribution in [1.82, 2.24) is 0 Å². The highest BCUT2D eigenvalue weighted by Gasteiger charge is 1.94. The van der Waals surface area contributed by atoms with E-state index >= 15 is 0 Å². The number of hydrogen-bond acceptors (Lipinski definition) is 2. The molecule has 0 fully saturated rings. The molecule has 2 nitrogen and oxygen atoms in total. The number of carbonyl (C=O) groups is 1. The second kappa shape index (κ2) is 5.27. The third kappa shape index (κ3) is 2.84. The molecule has 1 rings (SSSR count). The highest BCUT2D eigenvalue weighted by Crippen LogP contribution is 2.08. The summed E-state index contributed by atoms with van der Waals surface area (Å²) in [7, 11) is 0. The summed E-state index contributed by atoms with van der Waals surface area (Å²) < 4.78 is 0. The first kappa shape index (κ1) is 9.68. The molecule has 0 aliphatic heterocycles. The van der Waals surface area contributed by atoms with Crippen LogP contribution in [0.3, 0.4) is 0 Å². The van der Waals surface area contributed by atoms with Crippen LogP contribution in [-0.2, 0) is 0 Å². The summed E-state index contributed by atoms with van der Waals surface area (Å²) in [5.41, 5.74) is 7.01. The van der Waals surface area contributed by atoms with Gasteiger partial charge in [0.15, 0.2) is 6.29 Å². The van der Waals surface area contributed by atoms with E-state index in [1.807, 2.05) is 30.4 Å². The molecule has 1 aromatic rings. The molecule has 0 saturated heterocycles. The van der Waals surface area contributed by atoms with Gasteiger partial charge in [-0.25, -0.2) is 0 Å². The second-order valence-electron chi connectivity index (χ2n) is 2.73. The molecule has 0 heterocycles. The van der Waals surface area contributed by atoms with Crippen molar-refractivity contribution in [3.8, 4) is 0 Å². The van der Waals surface area contributed by atoms with Crippen molar-refractivity contribution in [1.29, 1.82) is 0 Å². The summed E-state index contributed by atoms with van der Waals surface area (Å²) in [6.07, 6.45) is 5.61. The van der Waals surface area contributed by atoms with Crippen LogP contribution < -0.4 is 5.73 Å². The summed E-state index contributed by atoms with van der Waals surface area (Å²) in [5, 5.41) is 0. The van der Waals surface area contributed by atoms with Crippen molar-refractivity contribution in [2.24, 2.45) is 5.73 Å². The fraction of sp³-hybridized carbons (Fsp3) is 0.182. The number of aldehydes is 1. The number of rotatable bonds is 4. The quantitative estimate of drug-likeness (QED) is 0.710. The van der Waals surface area contributed by atoms with E-state index < -0.39 is 0 Å². The molecule has 2 N–H and O–H groups in total. The van der Waals surface area contributed by atoms with Gasteiger partial charge in [0.25, 0.3) is 0 Å². The van der Waals surface area contributed by atoms with Gasteiger partial charge in [0.1, 0.15) is 0 Å². The Morgan fingerprint density at radius 1 is 1.23 bits per heavy atom. The van der Waals surface area contributed by atoms with Gasteiger partial charge < -0.3 is 5.73 Å². The Morgan fingerprint density at radius 2 is 1.92 bits per heavy atom. The van der Waals surface area contributed by atoms with Crippen LogP contribution in [0.15, 0.2) is 30.3 Å². The Morgan fingerprint density at radius 3 is 2.54 bits per heavy atom. The fourth-order valence-electron chi connectivity index (χ4n) is 1.08. The van der Waals surface area contributed by atoms with Crippen molar-refractivity contribution in [2.45, 2.75) is 6.42 Å². The van der Waals surface area contributed by atoms with Gasteiger partial charge in [-0.15, -0.1) is 0 Å². The van der Waals surface area contributed by atoms with E-state index in [0.29, 0.717) is 6.54 Å². The van der Waals surface area contributed by atoms with Crippen LogP contribution >= 0.6 is 0 Å². The Kier molecular flexibility index (Phi) is 3.93. The van der Waals surface area contributed by atoms with Crippen LogP contribution in [0.2, 0.25) is 0 Å². The molecule has 0 aliphatic carbocycles. The zero-order chi connectivity index (χ0) is 9.52. The van der Waals surface area contributed by atoms with Crippen molar-refractivity contribution < 1.29 is 4.79 Å². The monoisotopic (exact) mass is 175 g/mol. The van der Waals surface area contributed by atoms with Crippen LogP contribution in [0.4, 0.5) is 0 Å². The first-order valence-electron chi connectivity index (χ1n) is 4.29. The summed E-state index contributed by atoms with van der Waals surface area (Å²) in [6, 6.07) is 7.48. The summed E-state index contributed by atoms with van der Waals surface area (Å²) in [5.74, 6) is 0. The van der Waals surface area contributed by atoms with Crippen LogP contribution in [0.5, 0.6) is 0 Å². The maximum absolute atomic E-state index is 10.6.